The highest BCUT2D eigenvalue weighted by Gasteiger charge is 2.33. The molecule has 0 radical (unpaired) electrons. The van der Waals surface area contributed by atoms with Crippen LogP contribution in [0.3, 0.4) is 0 Å². The van der Waals surface area contributed by atoms with Gasteiger partial charge in [-0.15, -0.1) is 0 Å². The first-order valence-electron chi connectivity index (χ1n) is 12.3. The average molecular weight is 451 g/mol. The summed E-state index contributed by atoms with van der Waals surface area (Å²) in [5.74, 6) is 2.44. The van der Waals surface area contributed by atoms with E-state index in [0.717, 1.165) is 56.4 Å². The summed E-state index contributed by atoms with van der Waals surface area (Å²) in [7, 11) is 0. The number of hydrogen-bond donors (Lipinski definition) is 0. The zero-order chi connectivity index (χ0) is 22.5. The van der Waals surface area contributed by atoms with E-state index in [1.165, 1.54) is 24.8 Å². The zero-order valence-corrected chi connectivity index (χ0v) is 19.2. The summed E-state index contributed by atoms with van der Waals surface area (Å²) in [6, 6.07) is 18.4. The number of cyclic esters (lactones) is 1. The minimum atomic E-state index is -0.151. The average Bonchev–Trinajstić information content (AvgIpc) is 3.19. The topological polar surface area (TPSA) is 51.2 Å². The van der Waals surface area contributed by atoms with Gasteiger partial charge in [0.2, 0.25) is 0 Å². The predicted molar refractivity (Wildman–Crippen MR) is 127 cm³/mol. The van der Waals surface area contributed by atoms with Crippen molar-refractivity contribution in [3.05, 3.63) is 60.2 Å². The van der Waals surface area contributed by atoms with Crippen LogP contribution in [0.5, 0.6) is 11.5 Å². The minimum Gasteiger partial charge on any atom is -0.486 e. The monoisotopic (exact) mass is 450 g/mol. The fourth-order valence-corrected chi connectivity index (χ4v) is 5.27. The SMILES string of the molecule is O=C1OC[C@H](Cc2ccccc2)N1CCCC1CCN(C[C@H]2COc3ccccc3O2)CC1. The summed E-state index contributed by atoms with van der Waals surface area (Å²) in [6.07, 6.45) is 5.45. The van der Waals surface area contributed by atoms with Crippen LogP contribution in [0.25, 0.3) is 0 Å². The summed E-state index contributed by atoms with van der Waals surface area (Å²) in [4.78, 5) is 16.7. The maximum Gasteiger partial charge on any atom is 0.410 e. The lowest BCUT2D eigenvalue weighted by Crippen LogP contribution is -2.44. The molecular formula is C27H34N2O4. The molecule has 3 aliphatic heterocycles. The van der Waals surface area contributed by atoms with Crippen molar-refractivity contribution in [2.75, 3.05) is 39.4 Å². The molecule has 33 heavy (non-hydrogen) atoms. The van der Waals surface area contributed by atoms with Crippen LogP contribution in [0.4, 0.5) is 4.79 Å². The second-order valence-corrected chi connectivity index (χ2v) is 9.50. The van der Waals surface area contributed by atoms with Crippen molar-refractivity contribution in [1.82, 2.24) is 9.80 Å². The number of likely N-dealkylation sites (tertiary alicyclic amines) is 1. The molecule has 2 saturated heterocycles. The first-order valence-corrected chi connectivity index (χ1v) is 12.3. The third kappa shape index (κ3) is 5.61. The van der Waals surface area contributed by atoms with E-state index in [1.807, 2.05) is 35.2 Å². The molecule has 3 aliphatic rings. The third-order valence-corrected chi connectivity index (χ3v) is 7.14. The number of ether oxygens (including phenoxy) is 3. The van der Waals surface area contributed by atoms with Crippen LogP contribution in [0.2, 0.25) is 0 Å². The predicted octanol–water partition coefficient (Wildman–Crippen LogP) is 4.38. The Kier molecular flexibility index (Phi) is 7.01. The molecule has 1 amide bonds. The molecule has 2 fully saturated rings. The first-order chi connectivity index (χ1) is 16.2. The number of para-hydroxylation sites is 2. The van der Waals surface area contributed by atoms with Crippen LogP contribution in [0, 0.1) is 5.92 Å². The number of piperidine rings is 1. The summed E-state index contributed by atoms with van der Waals surface area (Å²) in [5, 5.41) is 0. The van der Waals surface area contributed by atoms with Crippen molar-refractivity contribution in [2.45, 2.75) is 44.2 Å². The lowest BCUT2D eigenvalue weighted by molar-refractivity contribution is 0.0469. The normalized spacial score (nSPS) is 23.5. The van der Waals surface area contributed by atoms with Crippen LogP contribution in [0.15, 0.2) is 54.6 Å². The number of nitrogens with zero attached hydrogens (tertiary/aromatic N) is 2. The van der Waals surface area contributed by atoms with Gasteiger partial charge in [-0.05, 0) is 68.8 Å². The molecule has 2 aromatic carbocycles. The molecule has 176 valence electrons. The molecule has 3 heterocycles. The van der Waals surface area contributed by atoms with Gasteiger partial charge in [-0.3, -0.25) is 4.90 Å². The van der Waals surface area contributed by atoms with Crippen molar-refractivity contribution in [2.24, 2.45) is 5.92 Å². The molecule has 0 unspecified atom stereocenters. The molecule has 0 aliphatic carbocycles. The highest BCUT2D eigenvalue weighted by atomic mass is 16.6. The molecule has 0 N–H and O–H groups in total. The fourth-order valence-electron chi connectivity index (χ4n) is 5.27. The molecule has 0 aromatic heterocycles. The van der Waals surface area contributed by atoms with Crippen LogP contribution in [0.1, 0.15) is 31.2 Å². The zero-order valence-electron chi connectivity index (χ0n) is 19.2. The Morgan fingerprint density at radius 1 is 0.879 bits per heavy atom. The van der Waals surface area contributed by atoms with E-state index in [0.29, 0.717) is 13.2 Å². The van der Waals surface area contributed by atoms with E-state index >= 15 is 0 Å². The molecule has 2 aromatic rings. The summed E-state index contributed by atoms with van der Waals surface area (Å²) in [6.45, 7) is 5.05. The molecule has 0 spiro atoms. The lowest BCUT2D eigenvalue weighted by Gasteiger charge is -2.35. The maximum absolute atomic E-state index is 12.2. The number of rotatable bonds is 8. The molecule has 0 bridgehead atoms. The van der Waals surface area contributed by atoms with Gasteiger partial charge in [0.1, 0.15) is 19.3 Å². The van der Waals surface area contributed by atoms with Gasteiger partial charge in [0.25, 0.3) is 0 Å². The number of carbonyl (C=O) groups is 1. The second kappa shape index (κ2) is 10.5. The third-order valence-electron chi connectivity index (χ3n) is 7.14. The smallest absolute Gasteiger partial charge is 0.410 e. The molecule has 5 rings (SSSR count). The number of amides is 1. The van der Waals surface area contributed by atoms with Gasteiger partial charge in [-0.2, -0.15) is 0 Å². The van der Waals surface area contributed by atoms with Crippen LogP contribution in [-0.2, 0) is 11.2 Å². The molecule has 0 saturated carbocycles. The Bertz CT molecular complexity index is 913. The van der Waals surface area contributed by atoms with E-state index in [4.69, 9.17) is 14.2 Å². The molecule has 6 heteroatoms. The molecular weight excluding hydrogens is 416 g/mol. The Hall–Kier alpha value is -2.73. The van der Waals surface area contributed by atoms with Crippen molar-refractivity contribution >= 4 is 6.09 Å². The fraction of sp³-hybridized carbons (Fsp3) is 0.519. The van der Waals surface area contributed by atoms with Gasteiger partial charge in [0, 0.05) is 13.1 Å². The summed E-state index contributed by atoms with van der Waals surface area (Å²) >= 11 is 0. The maximum atomic E-state index is 12.2. The summed E-state index contributed by atoms with van der Waals surface area (Å²) < 4.78 is 17.4. The van der Waals surface area contributed by atoms with E-state index in [1.54, 1.807) is 0 Å². The highest BCUT2D eigenvalue weighted by molar-refractivity contribution is 5.70. The quantitative estimate of drug-likeness (QED) is 0.597. The van der Waals surface area contributed by atoms with Gasteiger partial charge in [0.15, 0.2) is 11.5 Å². The van der Waals surface area contributed by atoms with Crippen LogP contribution >= 0.6 is 0 Å². The number of fused-ring (bicyclic) bond motifs is 1. The minimum absolute atomic E-state index is 0.0965. The van der Waals surface area contributed by atoms with Crippen molar-refractivity contribution < 1.29 is 19.0 Å². The van der Waals surface area contributed by atoms with E-state index in [9.17, 15) is 4.79 Å². The van der Waals surface area contributed by atoms with E-state index in [2.05, 4.69) is 29.2 Å². The Balaban J connectivity index is 1.02. The van der Waals surface area contributed by atoms with E-state index < -0.39 is 0 Å². The van der Waals surface area contributed by atoms with Gasteiger partial charge < -0.3 is 19.1 Å². The van der Waals surface area contributed by atoms with Crippen molar-refractivity contribution in [3.8, 4) is 11.5 Å². The van der Waals surface area contributed by atoms with Crippen molar-refractivity contribution in [3.63, 3.8) is 0 Å². The van der Waals surface area contributed by atoms with Gasteiger partial charge >= 0.3 is 6.09 Å². The Labute approximate surface area is 196 Å². The standard InChI is InChI=1S/C27H34N2O4/c30-27-29(23(19-32-27)17-22-7-2-1-3-8-22)14-6-9-21-12-15-28(16-13-21)18-24-20-31-25-10-4-5-11-26(25)33-24/h1-5,7-8,10-11,21,23-24H,6,9,12-20H2/t23-,24-/m0/s1. The Morgan fingerprint density at radius 3 is 2.45 bits per heavy atom. The van der Waals surface area contributed by atoms with Crippen molar-refractivity contribution in [1.29, 1.82) is 0 Å². The second-order valence-electron chi connectivity index (χ2n) is 9.50. The molecule has 2 atom stereocenters. The van der Waals surface area contributed by atoms with Gasteiger partial charge in [-0.1, -0.05) is 42.5 Å². The highest BCUT2D eigenvalue weighted by Crippen LogP contribution is 2.31. The van der Waals surface area contributed by atoms with Crippen LogP contribution in [-0.4, -0.2) is 67.4 Å². The lowest BCUT2D eigenvalue weighted by atomic mass is 9.92. The van der Waals surface area contributed by atoms with Crippen LogP contribution < -0.4 is 9.47 Å². The Morgan fingerprint density at radius 2 is 1.64 bits per heavy atom. The number of hydrogen-bond acceptors (Lipinski definition) is 5. The summed E-state index contributed by atoms with van der Waals surface area (Å²) in [5.41, 5.74) is 1.26. The number of benzene rings is 2. The van der Waals surface area contributed by atoms with Gasteiger partial charge in [0.05, 0.1) is 6.04 Å². The first kappa shape index (κ1) is 22.1. The molecule has 6 nitrogen and oxygen atoms in total. The number of carbonyl (C=O) groups excluding carboxylic acids is 1. The van der Waals surface area contributed by atoms with Gasteiger partial charge in [-0.25, -0.2) is 4.79 Å². The largest absolute Gasteiger partial charge is 0.486 e. The van der Waals surface area contributed by atoms with E-state index in [-0.39, 0.29) is 18.2 Å².